The van der Waals surface area contributed by atoms with E-state index in [1.54, 1.807) is 7.11 Å². The summed E-state index contributed by atoms with van der Waals surface area (Å²) >= 11 is 0. The Morgan fingerprint density at radius 1 is 1.39 bits per heavy atom. The summed E-state index contributed by atoms with van der Waals surface area (Å²) in [6.45, 7) is 5.03. The maximum atomic E-state index is 12.8. The summed E-state index contributed by atoms with van der Waals surface area (Å²) < 4.78 is 11.2. The minimum Gasteiger partial charge on any atom is -0.493 e. The van der Waals surface area contributed by atoms with Crippen LogP contribution in [0.4, 0.5) is 0 Å². The molecule has 1 amide bonds. The highest BCUT2D eigenvalue weighted by Crippen LogP contribution is 2.33. The van der Waals surface area contributed by atoms with Gasteiger partial charge in [-0.2, -0.15) is 0 Å². The third-order valence-electron chi connectivity index (χ3n) is 4.85. The van der Waals surface area contributed by atoms with Crippen molar-refractivity contribution in [1.29, 1.82) is 0 Å². The standard InChI is InChI=1S/C18H23NO4/c1-11-14-5-4-6-15(22-3)17(14)23-16(11)18(21)19-9-7-13(8-10-19)12(2)20/h4-6,12-13,20H,7-10H2,1-3H3. The average Bonchev–Trinajstić information content (AvgIpc) is 2.91. The van der Waals surface area contributed by atoms with Gasteiger partial charge in [-0.1, -0.05) is 12.1 Å². The first kappa shape index (κ1) is 15.9. The second kappa shape index (κ2) is 6.24. The van der Waals surface area contributed by atoms with E-state index in [4.69, 9.17) is 9.15 Å². The lowest BCUT2D eigenvalue weighted by Crippen LogP contribution is -2.40. The molecule has 2 heterocycles. The molecule has 1 atom stereocenters. The zero-order chi connectivity index (χ0) is 16.6. The third-order valence-corrected chi connectivity index (χ3v) is 4.85. The molecule has 0 radical (unpaired) electrons. The number of ether oxygens (including phenoxy) is 1. The number of carbonyl (C=O) groups is 1. The van der Waals surface area contributed by atoms with Gasteiger partial charge >= 0.3 is 0 Å². The molecule has 124 valence electrons. The predicted molar refractivity (Wildman–Crippen MR) is 87.8 cm³/mol. The normalized spacial score (nSPS) is 17.5. The highest BCUT2D eigenvalue weighted by atomic mass is 16.5. The molecular weight excluding hydrogens is 294 g/mol. The van der Waals surface area contributed by atoms with Gasteiger partial charge in [0.25, 0.3) is 5.91 Å². The molecule has 0 saturated carbocycles. The van der Waals surface area contributed by atoms with Gasteiger partial charge in [-0.15, -0.1) is 0 Å². The molecule has 1 aliphatic heterocycles. The number of furan rings is 1. The molecule has 0 bridgehead atoms. The highest BCUT2D eigenvalue weighted by molar-refractivity contribution is 6.00. The molecule has 1 N–H and O–H groups in total. The number of methoxy groups -OCH3 is 1. The number of hydrogen-bond donors (Lipinski definition) is 1. The van der Waals surface area contributed by atoms with Crippen LogP contribution in [0.25, 0.3) is 11.0 Å². The van der Waals surface area contributed by atoms with Gasteiger partial charge in [0.1, 0.15) is 0 Å². The Balaban J connectivity index is 1.86. The summed E-state index contributed by atoms with van der Waals surface area (Å²) in [5.41, 5.74) is 1.47. The van der Waals surface area contributed by atoms with Crippen LogP contribution in [-0.4, -0.2) is 42.2 Å². The molecule has 1 aromatic carbocycles. The van der Waals surface area contributed by atoms with E-state index in [0.717, 1.165) is 23.8 Å². The maximum Gasteiger partial charge on any atom is 0.289 e. The fourth-order valence-corrected chi connectivity index (χ4v) is 3.31. The summed E-state index contributed by atoms with van der Waals surface area (Å²) in [7, 11) is 1.59. The minimum absolute atomic E-state index is 0.0789. The fraction of sp³-hybridized carbons (Fsp3) is 0.500. The second-order valence-electron chi connectivity index (χ2n) is 6.26. The van der Waals surface area contributed by atoms with Crippen molar-refractivity contribution in [2.75, 3.05) is 20.2 Å². The van der Waals surface area contributed by atoms with Crippen LogP contribution in [-0.2, 0) is 0 Å². The van der Waals surface area contributed by atoms with Crippen LogP contribution in [0.15, 0.2) is 22.6 Å². The SMILES string of the molecule is COc1cccc2c(C)c(C(=O)N3CCC(C(C)O)CC3)oc12. The van der Waals surface area contributed by atoms with Gasteiger partial charge < -0.3 is 19.2 Å². The molecule has 0 spiro atoms. The zero-order valence-corrected chi connectivity index (χ0v) is 13.8. The first-order chi connectivity index (χ1) is 11.0. The molecule has 5 heteroatoms. The molecule has 1 saturated heterocycles. The molecule has 1 fully saturated rings. The number of fused-ring (bicyclic) bond motifs is 1. The lowest BCUT2D eigenvalue weighted by molar-refractivity contribution is 0.0499. The van der Waals surface area contributed by atoms with Crippen molar-refractivity contribution >= 4 is 16.9 Å². The molecular formula is C18H23NO4. The summed E-state index contributed by atoms with van der Waals surface area (Å²) in [6.07, 6.45) is 1.34. The maximum absolute atomic E-state index is 12.8. The Morgan fingerprint density at radius 3 is 2.70 bits per heavy atom. The van der Waals surface area contributed by atoms with Crippen LogP contribution < -0.4 is 4.74 Å². The lowest BCUT2D eigenvalue weighted by Gasteiger charge is -2.32. The Kier molecular flexibility index (Phi) is 4.31. The third kappa shape index (κ3) is 2.81. The van der Waals surface area contributed by atoms with Gasteiger partial charge in [-0.05, 0) is 38.7 Å². The number of nitrogens with zero attached hydrogens (tertiary/aromatic N) is 1. The topological polar surface area (TPSA) is 62.9 Å². The first-order valence-electron chi connectivity index (χ1n) is 8.06. The van der Waals surface area contributed by atoms with Crippen LogP contribution in [0.5, 0.6) is 5.75 Å². The van der Waals surface area contributed by atoms with E-state index >= 15 is 0 Å². The number of aryl methyl sites for hydroxylation is 1. The van der Waals surface area contributed by atoms with E-state index < -0.39 is 0 Å². The van der Waals surface area contributed by atoms with E-state index in [9.17, 15) is 9.90 Å². The molecule has 0 aliphatic carbocycles. The number of likely N-dealkylation sites (tertiary alicyclic amines) is 1. The molecule has 1 unspecified atom stereocenters. The van der Waals surface area contributed by atoms with Gasteiger partial charge in [0.15, 0.2) is 17.1 Å². The number of benzene rings is 1. The summed E-state index contributed by atoms with van der Waals surface area (Å²) in [6, 6.07) is 5.66. The molecule has 5 nitrogen and oxygen atoms in total. The summed E-state index contributed by atoms with van der Waals surface area (Å²) in [5, 5.41) is 10.6. The monoisotopic (exact) mass is 317 g/mol. The largest absolute Gasteiger partial charge is 0.493 e. The van der Waals surface area contributed by atoms with Crippen LogP contribution in [0.1, 0.15) is 35.9 Å². The summed E-state index contributed by atoms with van der Waals surface area (Å²) in [5.74, 6) is 1.22. The Morgan fingerprint density at radius 2 is 2.09 bits per heavy atom. The number of para-hydroxylation sites is 1. The van der Waals surface area contributed by atoms with E-state index in [1.807, 2.05) is 36.9 Å². The number of piperidine rings is 1. The smallest absolute Gasteiger partial charge is 0.289 e. The number of aliphatic hydroxyl groups excluding tert-OH is 1. The van der Waals surface area contributed by atoms with Crippen molar-refractivity contribution in [2.45, 2.75) is 32.8 Å². The van der Waals surface area contributed by atoms with Gasteiger partial charge in [-0.3, -0.25) is 4.79 Å². The van der Waals surface area contributed by atoms with E-state index in [2.05, 4.69) is 0 Å². The second-order valence-corrected chi connectivity index (χ2v) is 6.26. The minimum atomic E-state index is -0.315. The molecule has 23 heavy (non-hydrogen) atoms. The Bertz CT molecular complexity index is 711. The van der Waals surface area contributed by atoms with Crippen LogP contribution in [0.3, 0.4) is 0 Å². The van der Waals surface area contributed by atoms with Crippen molar-refractivity contribution in [3.8, 4) is 5.75 Å². The fourth-order valence-electron chi connectivity index (χ4n) is 3.31. The van der Waals surface area contributed by atoms with Crippen molar-refractivity contribution in [3.63, 3.8) is 0 Å². The van der Waals surface area contributed by atoms with E-state index in [-0.39, 0.29) is 17.9 Å². The highest BCUT2D eigenvalue weighted by Gasteiger charge is 2.29. The Labute approximate surface area is 135 Å². The first-order valence-corrected chi connectivity index (χ1v) is 8.06. The van der Waals surface area contributed by atoms with Crippen molar-refractivity contribution in [1.82, 2.24) is 4.90 Å². The van der Waals surface area contributed by atoms with Gasteiger partial charge in [0.2, 0.25) is 0 Å². The summed E-state index contributed by atoms with van der Waals surface area (Å²) in [4.78, 5) is 14.6. The van der Waals surface area contributed by atoms with E-state index in [0.29, 0.717) is 30.2 Å². The number of hydrogen-bond acceptors (Lipinski definition) is 4. The van der Waals surface area contributed by atoms with Crippen LogP contribution >= 0.6 is 0 Å². The van der Waals surface area contributed by atoms with Crippen molar-refractivity contribution < 1.29 is 19.1 Å². The van der Waals surface area contributed by atoms with E-state index in [1.165, 1.54) is 0 Å². The zero-order valence-electron chi connectivity index (χ0n) is 13.8. The number of rotatable bonds is 3. The van der Waals surface area contributed by atoms with Crippen LogP contribution in [0, 0.1) is 12.8 Å². The number of amides is 1. The molecule has 1 aromatic heterocycles. The van der Waals surface area contributed by atoms with Crippen molar-refractivity contribution in [2.24, 2.45) is 5.92 Å². The van der Waals surface area contributed by atoms with Crippen LogP contribution in [0.2, 0.25) is 0 Å². The predicted octanol–water partition coefficient (Wildman–Crippen LogP) is 2.98. The number of carbonyl (C=O) groups excluding carboxylic acids is 1. The Hall–Kier alpha value is -2.01. The van der Waals surface area contributed by atoms with Gasteiger partial charge in [0.05, 0.1) is 13.2 Å². The molecule has 1 aliphatic rings. The van der Waals surface area contributed by atoms with Gasteiger partial charge in [0, 0.05) is 24.0 Å². The molecule has 3 rings (SSSR count). The number of aliphatic hydroxyl groups is 1. The van der Waals surface area contributed by atoms with Gasteiger partial charge in [-0.25, -0.2) is 0 Å². The lowest BCUT2D eigenvalue weighted by atomic mass is 9.92. The van der Waals surface area contributed by atoms with Crippen molar-refractivity contribution in [3.05, 3.63) is 29.5 Å². The average molecular weight is 317 g/mol. The molecule has 2 aromatic rings. The quantitative estimate of drug-likeness (QED) is 0.945.